The van der Waals surface area contributed by atoms with E-state index in [2.05, 4.69) is 0 Å². The highest BCUT2D eigenvalue weighted by Gasteiger charge is 2.48. The van der Waals surface area contributed by atoms with Gasteiger partial charge in [0.1, 0.15) is 0 Å². The van der Waals surface area contributed by atoms with Gasteiger partial charge in [0.25, 0.3) is 0 Å². The lowest BCUT2D eigenvalue weighted by atomic mass is 9.89. The number of aliphatic hydroxyl groups excluding tert-OH is 1. The molecule has 0 radical (unpaired) electrons. The van der Waals surface area contributed by atoms with E-state index in [9.17, 15) is 0 Å². The van der Waals surface area contributed by atoms with E-state index in [-0.39, 0.29) is 18.1 Å². The van der Waals surface area contributed by atoms with Crippen molar-refractivity contribution in [3.63, 3.8) is 0 Å². The normalized spacial score (nSPS) is 20.5. The summed E-state index contributed by atoms with van der Waals surface area (Å²) in [6.45, 7) is 0.0443. The van der Waals surface area contributed by atoms with Crippen molar-refractivity contribution in [2.24, 2.45) is 5.73 Å². The average molecular weight is 212 g/mol. The molecule has 1 fully saturated rings. The maximum Gasteiger partial charge on any atom is 0.0591 e. The summed E-state index contributed by atoms with van der Waals surface area (Å²) in [5.74, 6) is 0. The maximum absolute atomic E-state index is 9.08. The predicted octanol–water partition coefficient (Wildman–Crippen LogP) is 1.69. The molecule has 3 N–H and O–H groups in total. The minimum atomic E-state index is -0.149. The summed E-state index contributed by atoms with van der Waals surface area (Å²) in [4.78, 5) is 0. The molecule has 1 aromatic rings. The Morgan fingerprint density at radius 1 is 1.36 bits per heavy atom. The van der Waals surface area contributed by atoms with E-state index < -0.39 is 0 Å². The molecule has 0 amide bonds. The Morgan fingerprint density at radius 3 is 2.36 bits per heavy atom. The fourth-order valence-corrected chi connectivity index (χ4v) is 2.09. The Kier molecular flexibility index (Phi) is 2.52. The van der Waals surface area contributed by atoms with Gasteiger partial charge in [-0.2, -0.15) is 0 Å². The van der Waals surface area contributed by atoms with Crippen LogP contribution in [-0.2, 0) is 5.41 Å². The second-order valence-electron chi connectivity index (χ2n) is 3.95. The van der Waals surface area contributed by atoms with E-state index in [1.54, 1.807) is 0 Å². The quantitative estimate of drug-likeness (QED) is 0.800. The third-order valence-corrected chi connectivity index (χ3v) is 3.37. The van der Waals surface area contributed by atoms with Gasteiger partial charge in [-0.3, -0.25) is 0 Å². The molecule has 14 heavy (non-hydrogen) atoms. The van der Waals surface area contributed by atoms with Crippen LogP contribution in [0.4, 0.5) is 0 Å². The topological polar surface area (TPSA) is 46.2 Å². The van der Waals surface area contributed by atoms with E-state index in [1.165, 1.54) is 5.56 Å². The zero-order valence-electron chi connectivity index (χ0n) is 7.91. The molecule has 0 aromatic heterocycles. The fraction of sp³-hybridized carbons (Fsp3) is 0.455. The fourth-order valence-electron chi connectivity index (χ4n) is 1.96. The van der Waals surface area contributed by atoms with Gasteiger partial charge in [-0.25, -0.2) is 0 Å². The number of hydrogen-bond donors (Lipinski definition) is 2. The van der Waals surface area contributed by atoms with Crippen molar-refractivity contribution >= 4 is 11.6 Å². The van der Waals surface area contributed by atoms with Crippen molar-refractivity contribution in [3.05, 3.63) is 34.9 Å². The third kappa shape index (κ3) is 1.54. The highest BCUT2D eigenvalue weighted by molar-refractivity contribution is 6.30. The molecule has 0 saturated heterocycles. The van der Waals surface area contributed by atoms with Crippen molar-refractivity contribution in [2.75, 3.05) is 6.61 Å². The van der Waals surface area contributed by atoms with Crippen LogP contribution < -0.4 is 5.73 Å². The zero-order valence-corrected chi connectivity index (χ0v) is 8.67. The van der Waals surface area contributed by atoms with Crippen LogP contribution in [0.2, 0.25) is 5.02 Å². The molecule has 0 aliphatic heterocycles. The second kappa shape index (κ2) is 3.54. The number of nitrogens with two attached hydrogens (primary N) is 1. The minimum Gasteiger partial charge on any atom is -0.395 e. The largest absolute Gasteiger partial charge is 0.395 e. The molecule has 2 rings (SSSR count). The maximum atomic E-state index is 9.08. The van der Waals surface area contributed by atoms with Crippen LogP contribution >= 0.6 is 11.6 Å². The van der Waals surface area contributed by atoms with Crippen LogP contribution in [0.3, 0.4) is 0 Å². The van der Waals surface area contributed by atoms with Gasteiger partial charge in [0.2, 0.25) is 0 Å². The van der Waals surface area contributed by atoms with Gasteiger partial charge < -0.3 is 10.8 Å². The monoisotopic (exact) mass is 211 g/mol. The molecule has 1 aliphatic rings. The lowest BCUT2D eigenvalue weighted by molar-refractivity contribution is 0.242. The highest BCUT2D eigenvalue weighted by Crippen LogP contribution is 2.50. The van der Waals surface area contributed by atoms with Gasteiger partial charge in [0.05, 0.1) is 6.61 Å². The van der Waals surface area contributed by atoms with E-state index in [1.807, 2.05) is 24.3 Å². The number of aliphatic hydroxyl groups is 1. The van der Waals surface area contributed by atoms with Gasteiger partial charge in [-0.05, 0) is 30.5 Å². The molecule has 1 unspecified atom stereocenters. The van der Waals surface area contributed by atoms with Crippen LogP contribution in [0.15, 0.2) is 24.3 Å². The molecule has 1 atom stereocenters. The Morgan fingerprint density at radius 2 is 1.93 bits per heavy atom. The lowest BCUT2D eigenvalue weighted by Gasteiger charge is -2.21. The van der Waals surface area contributed by atoms with Crippen LogP contribution in [0.25, 0.3) is 0 Å². The van der Waals surface area contributed by atoms with E-state index >= 15 is 0 Å². The molecular formula is C11H14ClNO. The number of hydrogen-bond acceptors (Lipinski definition) is 2. The average Bonchev–Trinajstić information content (AvgIpc) is 2.99. The smallest absolute Gasteiger partial charge is 0.0591 e. The van der Waals surface area contributed by atoms with Gasteiger partial charge >= 0.3 is 0 Å². The first-order valence-electron chi connectivity index (χ1n) is 4.81. The van der Waals surface area contributed by atoms with Crippen LogP contribution in [0.5, 0.6) is 0 Å². The van der Waals surface area contributed by atoms with E-state index in [0.717, 1.165) is 17.9 Å². The van der Waals surface area contributed by atoms with Gasteiger partial charge in [-0.1, -0.05) is 23.7 Å². The minimum absolute atomic E-state index is 0.0132. The lowest BCUT2D eigenvalue weighted by Crippen LogP contribution is -2.37. The Balaban J connectivity index is 2.26. The molecule has 2 nitrogen and oxygen atoms in total. The Hall–Kier alpha value is -0.570. The van der Waals surface area contributed by atoms with Crippen LogP contribution in [0, 0.1) is 0 Å². The van der Waals surface area contributed by atoms with Crippen molar-refractivity contribution in [2.45, 2.75) is 24.3 Å². The van der Waals surface area contributed by atoms with Crippen molar-refractivity contribution < 1.29 is 5.11 Å². The molecule has 3 heteroatoms. The van der Waals surface area contributed by atoms with E-state index in [0.29, 0.717) is 0 Å². The summed E-state index contributed by atoms with van der Waals surface area (Å²) in [5, 5.41) is 9.81. The molecule has 1 aromatic carbocycles. The standard InChI is InChI=1S/C11H14ClNO/c12-9-3-1-8(2-4-9)11(5-6-11)10(13)7-14/h1-4,10,14H,5-7,13H2. The highest BCUT2D eigenvalue weighted by atomic mass is 35.5. The zero-order chi connectivity index (χ0) is 10.2. The number of rotatable bonds is 3. The number of halogens is 1. The molecule has 0 heterocycles. The third-order valence-electron chi connectivity index (χ3n) is 3.11. The second-order valence-corrected chi connectivity index (χ2v) is 4.39. The molecule has 0 bridgehead atoms. The first-order chi connectivity index (χ1) is 6.69. The number of benzene rings is 1. The first kappa shape index (κ1) is 9.97. The van der Waals surface area contributed by atoms with Crippen molar-refractivity contribution in [3.8, 4) is 0 Å². The molecule has 0 spiro atoms. The predicted molar refractivity (Wildman–Crippen MR) is 57.4 cm³/mol. The van der Waals surface area contributed by atoms with Crippen molar-refractivity contribution in [1.29, 1.82) is 0 Å². The summed E-state index contributed by atoms with van der Waals surface area (Å²) < 4.78 is 0. The molecule has 76 valence electrons. The van der Waals surface area contributed by atoms with E-state index in [4.69, 9.17) is 22.4 Å². The van der Waals surface area contributed by atoms with Crippen LogP contribution in [-0.4, -0.2) is 17.8 Å². The van der Waals surface area contributed by atoms with Gasteiger partial charge in [-0.15, -0.1) is 0 Å². The summed E-state index contributed by atoms with van der Waals surface area (Å²) >= 11 is 5.81. The summed E-state index contributed by atoms with van der Waals surface area (Å²) in [7, 11) is 0. The molecular weight excluding hydrogens is 198 g/mol. The Bertz CT molecular complexity index is 319. The summed E-state index contributed by atoms with van der Waals surface area (Å²) in [5.41, 5.74) is 7.11. The van der Waals surface area contributed by atoms with Gasteiger partial charge in [0.15, 0.2) is 0 Å². The Labute approximate surface area is 88.7 Å². The van der Waals surface area contributed by atoms with Crippen molar-refractivity contribution in [1.82, 2.24) is 0 Å². The molecule has 1 saturated carbocycles. The summed E-state index contributed by atoms with van der Waals surface area (Å²) in [6.07, 6.45) is 2.13. The van der Waals surface area contributed by atoms with Gasteiger partial charge in [0, 0.05) is 16.5 Å². The SMILES string of the molecule is NC(CO)C1(c2ccc(Cl)cc2)CC1. The molecule has 1 aliphatic carbocycles. The summed E-state index contributed by atoms with van der Waals surface area (Å²) in [6, 6.07) is 7.61. The first-order valence-corrected chi connectivity index (χ1v) is 5.19. The van der Waals surface area contributed by atoms with Crippen LogP contribution in [0.1, 0.15) is 18.4 Å².